The molecule has 0 saturated carbocycles. The Kier molecular flexibility index (Phi) is 5.55. The van der Waals surface area contributed by atoms with Gasteiger partial charge in [-0.15, -0.1) is 0 Å². The molecule has 1 aliphatic heterocycles. The number of hydrogen-bond acceptors (Lipinski definition) is 3. The van der Waals surface area contributed by atoms with Gasteiger partial charge in [-0.1, -0.05) is 44.2 Å². The van der Waals surface area contributed by atoms with E-state index < -0.39 is 11.9 Å². The lowest BCUT2D eigenvalue weighted by molar-refractivity contribution is -0.145. The third-order valence-corrected chi connectivity index (χ3v) is 4.13. The first-order valence-corrected chi connectivity index (χ1v) is 7.85. The van der Waals surface area contributed by atoms with Crippen LogP contribution < -0.4 is 5.73 Å². The number of nitrogens with zero attached hydrogens (tertiary/aromatic N) is 2. The topological polar surface area (TPSA) is 66.6 Å². The van der Waals surface area contributed by atoms with E-state index in [2.05, 4.69) is 17.0 Å². The highest BCUT2D eigenvalue weighted by molar-refractivity contribution is 5.87. The first-order chi connectivity index (χ1) is 10.5. The summed E-state index contributed by atoms with van der Waals surface area (Å²) in [4.78, 5) is 27.8. The molecule has 0 aromatic heterocycles. The molecule has 2 rings (SSSR count). The first-order valence-electron chi connectivity index (χ1n) is 7.85. The van der Waals surface area contributed by atoms with Gasteiger partial charge in [0.15, 0.2) is 0 Å². The maximum atomic E-state index is 12.2. The standard InChI is InChI=1S/C17H25N3O2/c1-13(2)17(22)20-11-10-19(12-15(20)16(18)21)9-8-14-6-4-3-5-7-14/h3-7,13,15H,8-12H2,1-2H3,(H2,18,21)/t15-/m0/s1. The second-order valence-electron chi connectivity index (χ2n) is 6.14. The highest BCUT2D eigenvalue weighted by Crippen LogP contribution is 2.14. The van der Waals surface area contributed by atoms with Crippen LogP contribution in [0.25, 0.3) is 0 Å². The van der Waals surface area contributed by atoms with Gasteiger partial charge < -0.3 is 10.6 Å². The minimum absolute atomic E-state index is 0.00603. The molecule has 22 heavy (non-hydrogen) atoms. The van der Waals surface area contributed by atoms with Crippen LogP contribution in [-0.4, -0.2) is 53.8 Å². The van der Waals surface area contributed by atoms with Crippen LogP contribution >= 0.6 is 0 Å². The van der Waals surface area contributed by atoms with E-state index >= 15 is 0 Å². The Hall–Kier alpha value is -1.88. The SMILES string of the molecule is CC(C)C(=O)N1CCN(CCc2ccccc2)C[C@H]1C(N)=O. The van der Waals surface area contributed by atoms with Crippen LogP contribution in [0.5, 0.6) is 0 Å². The fourth-order valence-corrected chi connectivity index (χ4v) is 2.81. The summed E-state index contributed by atoms with van der Waals surface area (Å²) < 4.78 is 0. The molecule has 0 spiro atoms. The highest BCUT2D eigenvalue weighted by atomic mass is 16.2. The van der Waals surface area contributed by atoms with Crippen LogP contribution in [0.2, 0.25) is 0 Å². The molecule has 0 unspecified atom stereocenters. The molecule has 2 amide bonds. The molecule has 1 atom stereocenters. The lowest BCUT2D eigenvalue weighted by atomic mass is 10.1. The predicted molar refractivity (Wildman–Crippen MR) is 86.1 cm³/mol. The van der Waals surface area contributed by atoms with Gasteiger partial charge in [0.05, 0.1) is 0 Å². The number of primary amides is 1. The van der Waals surface area contributed by atoms with Crippen LogP contribution in [0.1, 0.15) is 19.4 Å². The molecule has 1 aromatic carbocycles. The summed E-state index contributed by atoms with van der Waals surface area (Å²) in [6, 6.07) is 9.75. The molecular weight excluding hydrogens is 278 g/mol. The molecule has 1 saturated heterocycles. The Balaban J connectivity index is 1.95. The number of hydrogen-bond donors (Lipinski definition) is 1. The number of carbonyl (C=O) groups is 2. The summed E-state index contributed by atoms with van der Waals surface area (Å²) >= 11 is 0. The van der Waals surface area contributed by atoms with Crippen LogP contribution in [0.4, 0.5) is 0 Å². The number of benzene rings is 1. The molecule has 1 aromatic rings. The van der Waals surface area contributed by atoms with Crippen LogP contribution in [0, 0.1) is 5.92 Å². The number of piperazine rings is 1. The van der Waals surface area contributed by atoms with Crippen LogP contribution in [0.3, 0.4) is 0 Å². The maximum Gasteiger partial charge on any atom is 0.241 e. The minimum atomic E-state index is -0.514. The van der Waals surface area contributed by atoms with Gasteiger partial charge >= 0.3 is 0 Å². The van der Waals surface area contributed by atoms with Crippen molar-refractivity contribution in [2.24, 2.45) is 11.7 Å². The molecule has 1 fully saturated rings. The molecule has 0 radical (unpaired) electrons. The van der Waals surface area contributed by atoms with Gasteiger partial charge in [0.1, 0.15) is 6.04 Å². The zero-order chi connectivity index (χ0) is 16.1. The molecular formula is C17H25N3O2. The molecule has 120 valence electrons. The molecule has 1 heterocycles. The van der Waals surface area contributed by atoms with Crippen molar-refractivity contribution in [1.29, 1.82) is 0 Å². The van der Waals surface area contributed by atoms with Crippen LogP contribution in [-0.2, 0) is 16.0 Å². The van der Waals surface area contributed by atoms with E-state index in [0.29, 0.717) is 13.1 Å². The quantitative estimate of drug-likeness (QED) is 0.878. The van der Waals surface area contributed by atoms with Gasteiger partial charge in [0.25, 0.3) is 0 Å². The van der Waals surface area contributed by atoms with E-state index in [9.17, 15) is 9.59 Å². The van der Waals surface area contributed by atoms with E-state index in [1.807, 2.05) is 32.0 Å². The molecule has 5 nitrogen and oxygen atoms in total. The summed E-state index contributed by atoms with van der Waals surface area (Å²) in [6.45, 7) is 6.46. The zero-order valence-electron chi connectivity index (χ0n) is 13.4. The summed E-state index contributed by atoms with van der Waals surface area (Å²) in [5, 5.41) is 0. The largest absolute Gasteiger partial charge is 0.368 e. The van der Waals surface area contributed by atoms with E-state index in [0.717, 1.165) is 19.5 Å². The van der Waals surface area contributed by atoms with Gasteiger partial charge in [0, 0.05) is 32.1 Å². The number of nitrogens with two attached hydrogens (primary N) is 1. The summed E-state index contributed by atoms with van der Waals surface area (Å²) in [5.74, 6) is -0.525. The highest BCUT2D eigenvalue weighted by Gasteiger charge is 2.34. The van der Waals surface area contributed by atoms with Crippen molar-refractivity contribution >= 4 is 11.8 Å². The molecule has 5 heteroatoms. The first kappa shape index (κ1) is 16.5. The van der Waals surface area contributed by atoms with E-state index in [-0.39, 0.29) is 11.8 Å². The normalized spacial score (nSPS) is 19.4. The number of amides is 2. The van der Waals surface area contributed by atoms with Gasteiger partial charge in [-0.2, -0.15) is 0 Å². The van der Waals surface area contributed by atoms with Crippen molar-refractivity contribution < 1.29 is 9.59 Å². The third kappa shape index (κ3) is 4.07. The van der Waals surface area contributed by atoms with Crippen molar-refractivity contribution in [3.8, 4) is 0 Å². The molecule has 2 N–H and O–H groups in total. The number of rotatable bonds is 5. The Morgan fingerprint density at radius 3 is 2.50 bits per heavy atom. The Morgan fingerprint density at radius 2 is 1.91 bits per heavy atom. The van der Waals surface area contributed by atoms with Crippen molar-refractivity contribution in [3.05, 3.63) is 35.9 Å². The fourth-order valence-electron chi connectivity index (χ4n) is 2.81. The van der Waals surface area contributed by atoms with E-state index in [1.54, 1.807) is 4.90 Å². The van der Waals surface area contributed by atoms with Crippen molar-refractivity contribution in [2.75, 3.05) is 26.2 Å². The van der Waals surface area contributed by atoms with Crippen molar-refractivity contribution in [2.45, 2.75) is 26.3 Å². The van der Waals surface area contributed by atoms with Crippen molar-refractivity contribution in [3.63, 3.8) is 0 Å². The molecule has 0 aliphatic carbocycles. The summed E-state index contributed by atoms with van der Waals surface area (Å²) in [7, 11) is 0. The monoisotopic (exact) mass is 303 g/mol. The molecule has 1 aliphatic rings. The van der Waals surface area contributed by atoms with Crippen molar-refractivity contribution in [1.82, 2.24) is 9.80 Å². The Labute approximate surface area is 132 Å². The fraction of sp³-hybridized carbons (Fsp3) is 0.529. The summed E-state index contributed by atoms with van der Waals surface area (Å²) in [6.07, 6.45) is 0.935. The average Bonchev–Trinajstić information content (AvgIpc) is 2.52. The van der Waals surface area contributed by atoms with E-state index in [1.165, 1.54) is 5.56 Å². The van der Waals surface area contributed by atoms with Gasteiger partial charge in [0.2, 0.25) is 11.8 Å². The van der Waals surface area contributed by atoms with Gasteiger partial charge in [-0.25, -0.2) is 0 Å². The average molecular weight is 303 g/mol. The molecule has 0 bridgehead atoms. The summed E-state index contributed by atoms with van der Waals surface area (Å²) in [5.41, 5.74) is 6.78. The smallest absolute Gasteiger partial charge is 0.241 e. The second kappa shape index (κ2) is 7.40. The lowest BCUT2D eigenvalue weighted by Gasteiger charge is -2.40. The van der Waals surface area contributed by atoms with Gasteiger partial charge in [-0.05, 0) is 12.0 Å². The third-order valence-electron chi connectivity index (χ3n) is 4.13. The Bertz CT molecular complexity index is 516. The Morgan fingerprint density at radius 1 is 1.23 bits per heavy atom. The van der Waals surface area contributed by atoms with E-state index in [4.69, 9.17) is 5.73 Å². The zero-order valence-corrected chi connectivity index (χ0v) is 13.4. The lowest BCUT2D eigenvalue weighted by Crippen LogP contribution is -2.60. The van der Waals surface area contributed by atoms with Crippen LogP contribution in [0.15, 0.2) is 30.3 Å². The second-order valence-corrected chi connectivity index (χ2v) is 6.14. The maximum absolute atomic E-state index is 12.2. The predicted octanol–water partition coefficient (Wildman–Crippen LogP) is 0.883. The number of carbonyl (C=O) groups excluding carboxylic acids is 2. The van der Waals surface area contributed by atoms with Gasteiger partial charge in [-0.3, -0.25) is 14.5 Å². The minimum Gasteiger partial charge on any atom is -0.368 e.